The number of nitriles is 1. The van der Waals surface area contributed by atoms with Crippen molar-refractivity contribution in [3.63, 3.8) is 0 Å². The molecule has 1 aliphatic rings. The number of non-ortho nitro benzene ring substituents is 1. The highest BCUT2D eigenvalue weighted by Gasteiger charge is 2.41. The van der Waals surface area contributed by atoms with Gasteiger partial charge in [0.1, 0.15) is 6.61 Å². The first-order valence-corrected chi connectivity index (χ1v) is 9.65. The summed E-state index contributed by atoms with van der Waals surface area (Å²) in [6, 6.07) is 7.30. The highest BCUT2D eigenvalue weighted by atomic mass is 16.6. The van der Waals surface area contributed by atoms with Crippen molar-refractivity contribution in [3.8, 4) is 6.07 Å². The topological polar surface area (TPSA) is 126 Å². The number of nitro groups is 1. The molecule has 0 saturated heterocycles. The van der Waals surface area contributed by atoms with E-state index in [1.54, 1.807) is 19.2 Å². The number of carbonyl (C=O) groups excluding carboxylic acids is 2. The van der Waals surface area contributed by atoms with Crippen LogP contribution in [0.3, 0.4) is 0 Å². The molecule has 0 aromatic heterocycles. The first-order chi connectivity index (χ1) is 14.4. The number of carbonyl (C=O) groups is 2. The summed E-state index contributed by atoms with van der Waals surface area (Å²) < 4.78 is 5.29. The predicted octanol–water partition coefficient (Wildman–Crippen LogP) is 3.12. The van der Waals surface area contributed by atoms with Crippen LogP contribution in [0.15, 0.2) is 40.5 Å². The lowest BCUT2D eigenvalue weighted by Crippen LogP contribution is -2.46. The molecule has 30 heavy (non-hydrogen) atoms. The number of aliphatic imine (C=N–C) groups is 1. The average Bonchev–Trinajstić information content (AvgIpc) is 2.77. The van der Waals surface area contributed by atoms with E-state index in [1.165, 1.54) is 17.0 Å². The fourth-order valence-electron chi connectivity index (χ4n) is 3.59. The van der Waals surface area contributed by atoms with Crippen molar-refractivity contribution in [1.82, 2.24) is 4.90 Å². The van der Waals surface area contributed by atoms with Crippen molar-refractivity contribution in [2.24, 2.45) is 4.99 Å². The lowest BCUT2D eigenvalue weighted by molar-refractivity contribution is -0.384. The maximum Gasteiger partial charge on any atom is 0.336 e. The number of likely N-dealkylation sites (N-methyl/N-ethyl adjacent to an activating group) is 1. The molecule has 0 spiro atoms. The van der Waals surface area contributed by atoms with Gasteiger partial charge in [-0.1, -0.05) is 26.0 Å². The molecular formula is C21H24N4O5. The third-order valence-corrected chi connectivity index (χ3v) is 4.99. The molecule has 0 N–H and O–H groups in total. The molecule has 1 amide bonds. The Morgan fingerprint density at radius 3 is 2.50 bits per heavy atom. The molecule has 9 nitrogen and oxygen atoms in total. The summed E-state index contributed by atoms with van der Waals surface area (Å²) >= 11 is 0. The van der Waals surface area contributed by atoms with Gasteiger partial charge in [-0.25, -0.2) is 4.79 Å². The number of hydrogen-bond donors (Lipinski definition) is 0. The van der Waals surface area contributed by atoms with E-state index >= 15 is 0 Å². The van der Waals surface area contributed by atoms with Gasteiger partial charge in [0.05, 0.1) is 34.7 Å². The Hall–Kier alpha value is -3.54. The van der Waals surface area contributed by atoms with Crippen LogP contribution < -0.4 is 0 Å². The minimum atomic E-state index is -0.603. The van der Waals surface area contributed by atoms with Gasteiger partial charge in [-0.05, 0) is 18.4 Å². The zero-order valence-corrected chi connectivity index (χ0v) is 17.2. The molecule has 1 aromatic rings. The van der Waals surface area contributed by atoms with Crippen molar-refractivity contribution in [2.75, 3.05) is 13.7 Å². The van der Waals surface area contributed by atoms with Gasteiger partial charge in [0.25, 0.3) is 5.69 Å². The Kier molecular flexibility index (Phi) is 7.81. The number of nitrogens with zero attached hydrogens (tertiary/aromatic N) is 4. The van der Waals surface area contributed by atoms with E-state index in [-0.39, 0.29) is 18.7 Å². The number of ether oxygens (including phenoxy) is 1. The number of nitro benzene ring substituents is 1. The Morgan fingerprint density at radius 1 is 1.33 bits per heavy atom. The van der Waals surface area contributed by atoms with Crippen LogP contribution in [0.1, 0.15) is 44.6 Å². The second-order valence-electron chi connectivity index (χ2n) is 6.76. The van der Waals surface area contributed by atoms with Crippen LogP contribution in [0.5, 0.6) is 0 Å². The van der Waals surface area contributed by atoms with E-state index in [4.69, 9.17) is 10.00 Å². The average molecular weight is 412 g/mol. The molecule has 0 radical (unpaired) electrons. The molecule has 158 valence electrons. The van der Waals surface area contributed by atoms with E-state index < -0.39 is 22.9 Å². The van der Waals surface area contributed by atoms with E-state index in [0.717, 1.165) is 5.71 Å². The van der Waals surface area contributed by atoms with Crippen molar-refractivity contribution >= 4 is 23.8 Å². The van der Waals surface area contributed by atoms with Gasteiger partial charge in [0.2, 0.25) is 6.41 Å². The van der Waals surface area contributed by atoms with Gasteiger partial charge in [0.15, 0.2) is 0 Å². The molecule has 2 unspecified atom stereocenters. The molecule has 2 atom stereocenters. The monoisotopic (exact) mass is 412 g/mol. The van der Waals surface area contributed by atoms with Crippen LogP contribution in [0.25, 0.3) is 0 Å². The standard InChI is InChI=1S/C21H24N4O5/c1-4-16-19(21(27)30-12-6-11-22)18(14-7-9-15(10-8-14)25(28)29)20(24(3)13-26)17(5-2)23-16/h7-10,13,18,20H,4-6,12H2,1-3H3. The van der Waals surface area contributed by atoms with Gasteiger partial charge >= 0.3 is 5.97 Å². The molecule has 0 saturated carbocycles. The molecule has 0 aliphatic carbocycles. The zero-order valence-electron chi connectivity index (χ0n) is 17.2. The minimum absolute atomic E-state index is 0.0542. The molecule has 0 fully saturated rings. The fourth-order valence-corrected chi connectivity index (χ4v) is 3.59. The van der Waals surface area contributed by atoms with Crippen molar-refractivity contribution in [2.45, 2.75) is 45.1 Å². The number of hydrogen-bond acceptors (Lipinski definition) is 7. The van der Waals surface area contributed by atoms with Gasteiger partial charge < -0.3 is 9.64 Å². The predicted molar refractivity (Wildman–Crippen MR) is 110 cm³/mol. The molecule has 9 heteroatoms. The van der Waals surface area contributed by atoms with Gasteiger partial charge in [-0.2, -0.15) is 5.26 Å². The third-order valence-electron chi connectivity index (χ3n) is 4.99. The Morgan fingerprint density at radius 2 is 2.00 bits per heavy atom. The van der Waals surface area contributed by atoms with Crippen molar-refractivity contribution in [3.05, 3.63) is 51.2 Å². The Bertz CT molecular complexity index is 914. The van der Waals surface area contributed by atoms with E-state index in [1.807, 2.05) is 19.9 Å². The highest BCUT2D eigenvalue weighted by Crippen LogP contribution is 2.39. The number of allylic oxidation sites excluding steroid dienone is 1. The van der Waals surface area contributed by atoms with Crippen LogP contribution in [0.2, 0.25) is 0 Å². The molecule has 1 aliphatic heterocycles. The summed E-state index contributed by atoms with van der Waals surface area (Å²) in [6.45, 7) is 3.73. The van der Waals surface area contributed by atoms with E-state index in [2.05, 4.69) is 4.99 Å². The summed E-state index contributed by atoms with van der Waals surface area (Å²) in [6.07, 6.45) is 1.76. The molecule has 1 heterocycles. The summed E-state index contributed by atoms with van der Waals surface area (Å²) in [5.41, 5.74) is 2.15. The number of benzene rings is 1. The van der Waals surface area contributed by atoms with Crippen LogP contribution in [0, 0.1) is 21.4 Å². The third kappa shape index (κ3) is 4.71. The Labute approximate surface area is 174 Å². The van der Waals surface area contributed by atoms with E-state index in [0.29, 0.717) is 36.1 Å². The normalized spacial score (nSPS) is 18.3. The van der Waals surface area contributed by atoms with Crippen LogP contribution in [-0.4, -0.2) is 47.6 Å². The molecule has 2 rings (SSSR count). The summed E-state index contributed by atoms with van der Waals surface area (Å²) in [5, 5.41) is 19.8. The first kappa shape index (κ1) is 22.7. The molecular weight excluding hydrogens is 388 g/mol. The number of amides is 1. The smallest absolute Gasteiger partial charge is 0.336 e. The zero-order chi connectivity index (χ0) is 22.3. The first-order valence-electron chi connectivity index (χ1n) is 9.65. The number of rotatable bonds is 9. The van der Waals surface area contributed by atoms with Crippen molar-refractivity contribution in [1.29, 1.82) is 5.26 Å². The summed E-state index contributed by atoms with van der Waals surface area (Å²) in [7, 11) is 1.61. The number of esters is 1. The second kappa shape index (κ2) is 10.3. The summed E-state index contributed by atoms with van der Waals surface area (Å²) in [4.78, 5) is 41.3. The molecule has 0 bridgehead atoms. The van der Waals surface area contributed by atoms with Gasteiger partial charge in [-0.15, -0.1) is 0 Å². The molecule has 1 aromatic carbocycles. The fraction of sp³-hybridized carbons (Fsp3) is 0.429. The largest absolute Gasteiger partial charge is 0.461 e. The van der Waals surface area contributed by atoms with Gasteiger partial charge in [0, 0.05) is 30.8 Å². The minimum Gasteiger partial charge on any atom is -0.461 e. The maximum absolute atomic E-state index is 13.0. The van der Waals surface area contributed by atoms with Crippen molar-refractivity contribution < 1.29 is 19.2 Å². The lowest BCUT2D eigenvalue weighted by Gasteiger charge is -2.38. The van der Waals surface area contributed by atoms with Crippen LogP contribution in [0.4, 0.5) is 5.69 Å². The quantitative estimate of drug-likeness (QED) is 0.202. The van der Waals surface area contributed by atoms with Crippen LogP contribution in [-0.2, 0) is 14.3 Å². The van der Waals surface area contributed by atoms with Gasteiger partial charge in [-0.3, -0.25) is 19.9 Å². The van der Waals surface area contributed by atoms with Crippen LogP contribution >= 0.6 is 0 Å². The highest BCUT2D eigenvalue weighted by molar-refractivity contribution is 6.00. The Balaban J connectivity index is 2.65. The summed E-state index contributed by atoms with van der Waals surface area (Å²) in [5.74, 6) is -1.20. The SMILES string of the molecule is CCC1=NC(CC)=C(C(=O)OCCC#N)C(c2ccc([N+](=O)[O-])cc2)C1N(C)C=O. The lowest BCUT2D eigenvalue weighted by atomic mass is 9.78. The maximum atomic E-state index is 13.0. The van der Waals surface area contributed by atoms with E-state index in [9.17, 15) is 19.7 Å². The second-order valence-corrected chi connectivity index (χ2v) is 6.76.